The van der Waals surface area contributed by atoms with Crippen molar-refractivity contribution in [2.75, 3.05) is 6.54 Å². The Labute approximate surface area is 123 Å². The molecule has 1 saturated heterocycles. The van der Waals surface area contributed by atoms with Gasteiger partial charge in [-0.3, -0.25) is 4.79 Å². The van der Waals surface area contributed by atoms with Crippen LogP contribution in [0.1, 0.15) is 30.1 Å². The number of H-pyrrole nitrogens is 1. The highest BCUT2D eigenvalue weighted by atomic mass is 16.2. The zero-order valence-electron chi connectivity index (χ0n) is 11.9. The Bertz CT molecular complexity index is 773. The molecule has 5 rings (SSSR count). The van der Waals surface area contributed by atoms with Crippen LogP contribution in [0.3, 0.4) is 0 Å². The second-order valence-electron chi connectivity index (χ2n) is 6.50. The third-order valence-corrected chi connectivity index (χ3v) is 5.57. The van der Waals surface area contributed by atoms with Crippen molar-refractivity contribution in [2.45, 2.75) is 25.3 Å². The SMILES string of the molecule is O=C1[C@@H]2CC=CC[C@@H]2[C@H]2c3[nH]c4ccccc4c3CCN12. The van der Waals surface area contributed by atoms with Gasteiger partial charge in [0.25, 0.3) is 0 Å². The number of fused-ring (bicyclic) bond motifs is 7. The summed E-state index contributed by atoms with van der Waals surface area (Å²) in [6, 6.07) is 8.80. The van der Waals surface area contributed by atoms with E-state index in [4.69, 9.17) is 0 Å². The fraction of sp³-hybridized carbons (Fsp3) is 0.389. The fourth-order valence-corrected chi connectivity index (χ4v) is 4.64. The normalized spacial score (nSPS) is 30.4. The van der Waals surface area contributed by atoms with Gasteiger partial charge in [-0.2, -0.15) is 0 Å². The predicted molar refractivity (Wildman–Crippen MR) is 81.8 cm³/mol. The van der Waals surface area contributed by atoms with Gasteiger partial charge < -0.3 is 9.88 Å². The van der Waals surface area contributed by atoms with Crippen molar-refractivity contribution in [3.8, 4) is 0 Å². The number of hydrogen-bond acceptors (Lipinski definition) is 1. The van der Waals surface area contributed by atoms with E-state index in [-0.39, 0.29) is 12.0 Å². The number of rotatable bonds is 0. The highest BCUT2D eigenvalue weighted by Gasteiger charge is 2.50. The molecule has 1 N–H and O–H groups in total. The molecule has 0 bridgehead atoms. The zero-order chi connectivity index (χ0) is 14.0. The number of para-hydroxylation sites is 1. The first kappa shape index (κ1) is 11.6. The van der Waals surface area contributed by atoms with Gasteiger partial charge in [0.2, 0.25) is 5.91 Å². The van der Waals surface area contributed by atoms with Crippen molar-refractivity contribution in [3.63, 3.8) is 0 Å². The molecule has 2 aromatic rings. The minimum atomic E-state index is 0.206. The van der Waals surface area contributed by atoms with Crippen molar-refractivity contribution in [1.82, 2.24) is 9.88 Å². The highest BCUT2D eigenvalue weighted by molar-refractivity contribution is 5.88. The molecule has 3 nitrogen and oxygen atoms in total. The molecule has 3 heterocycles. The number of carbonyl (C=O) groups is 1. The number of carbonyl (C=O) groups excluding carboxylic acids is 1. The van der Waals surface area contributed by atoms with Gasteiger partial charge in [0.15, 0.2) is 0 Å². The topological polar surface area (TPSA) is 36.1 Å². The lowest BCUT2D eigenvalue weighted by molar-refractivity contribution is -0.132. The summed E-state index contributed by atoms with van der Waals surface area (Å²) in [5.74, 6) is 1.03. The van der Waals surface area contributed by atoms with E-state index in [0.29, 0.717) is 11.8 Å². The van der Waals surface area contributed by atoms with Crippen LogP contribution in [-0.2, 0) is 11.2 Å². The molecule has 1 aliphatic carbocycles. The van der Waals surface area contributed by atoms with Crippen molar-refractivity contribution in [1.29, 1.82) is 0 Å². The number of allylic oxidation sites excluding steroid dienone is 2. The Morgan fingerprint density at radius 2 is 2.00 bits per heavy atom. The number of hydrogen-bond donors (Lipinski definition) is 1. The van der Waals surface area contributed by atoms with Gasteiger partial charge in [0.1, 0.15) is 0 Å². The summed E-state index contributed by atoms with van der Waals surface area (Å²) in [7, 11) is 0. The molecule has 3 aliphatic rings. The number of nitrogens with one attached hydrogen (secondary N) is 1. The Hall–Kier alpha value is -2.03. The first-order chi connectivity index (χ1) is 10.3. The molecule has 1 amide bonds. The van der Waals surface area contributed by atoms with E-state index in [0.717, 1.165) is 25.8 Å². The molecule has 0 saturated carbocycles. The van der Waals surface area contributed by atoms with Crippen LogP contribution in [-0.4, -0.2) is 22.3 Å². The molecule has 3 atom stereocenters. The Morgan fingerprint density at radius 3 is 2.95 bits per heavy atom. The standard InChI is InChI=1S/C18H18N2O/c21-18-14-7-2-1-6-13(14)17-16-12(9-10-20(17)18)11-5-3-4-8-15(11)19-16/h1-5,8,13-14,17,19H,6-7,9-10H2/t13-,14+,17-/m0/s1. The first-order valence-electron chi connectivity index (χ1n) is 7.89. The minimum Gasteiger partial charge on any atom is -0.356 e. The van der Waals surface area contributed by atoms with E-state index in [1.807, 2.05) is 0 Å². The fourth-order valence-electron chi connectivity index (χ4n) is 4.64. The largest absolute Gasteiger partial charge is 0.356 e. The number of aromatic nitrogens is 1. The zero-order valence-corrected chi connectivity index (χ0v) is 11.9. The Kier molecular flexibility index (Phi) is 2.21. The maximum absolute atomic E-state index is 12.7. The van der Waals surface area contributed by atoms with E-state index >= 15 is 0 Å². The monoisotopic (exact) mass is 278 g/mol. The summed E-state index contributed by atoms with van der Waals surface area (Å²) in [5.41, 5.74) is 3.96. The van der Waals surface area contributed by atoms with Gasteiger partial charge in [-0.15, -0.1) is 0 Å². The lowest BCUT2D eigenvalue weighted by atomic mass is 9.79. The Balaban J connectivity index is 1.71. The van der Waals surface area contributed by atoms with Crippen LogP contribution in [0.25, 0.3) is 10.9 Å². The predicted octanol–water partition coefficient (Wildman–Crippen LogP) is 3.19. The van der Waals surface area contributed by atoms with E-state index in [2.05, 4.69) is 46.3 Å². The van der Waals surface area contributed by atoms with E-state index in [9.17, 15) is 4.79 Å². The molecule has 1 aromatic heterocycles. The lowest BCUT2D eigenvalue weighted by Gasteiger charge is -2.33. The molecular weight excluding hydrogens is 260 g/mol. The molecule has 3 heteroatoms. The Morgan fingerprint density at radius 1 is 1.14 bits per heavy atom. The quantitative estimate of drug-likeness (QED) is 0.738. The summed E-state index contributed by atoms with van der Waals surface area (Å²) >= 11 is 0. The average Bonchev–Trinajstić information content (AvgIpc) is 3.04. The van der Waals surface area contributed by atoms with Gasteiger partial charge in [-0.05, 0) is 30.9 Å². The third-order valence-electron chi connectivity index (χ3n) is 5.57. The number of aromatic amines is 1. The van der Waals surface area contributed by atoms with Crippen LogP contribution >= 0.6 is 0 Å². The molecule has 106 valence electrons. The van der Waals surface area contributed by atoms with Crippen LogP contribution in [0.2, 0.25) is 0 Å². The highest BCUT2D eigenvalue weighted by Crippen LogP contribution is 2.50. The van der Waals surface area contributed by atoms with Crippen molar-refractivity contribution in [2.24, 2.45) is 11.8 Å². The van der Waals surface area contributed by atoms with Gasteiger partial charge in [-0.1, -0.05) is 30.4 Å². The third kappa shape index (κ3) is 1.41. The summed E-state index contributed by atoms with van der Waals surface area (Å²) in [5, 5.41) is 1.34. The van der Waals surface area contributed by atoms with Gasteiger partial charge in [-0.25, -0.2) is 0 Å². The lowest BCUT2D eigenvalue weighted by Crippen LogP contribution is -2.35. The number of nitrogens with zero attached hydrogens (tertiary/aromatic N) is 1. The van der Waals surface area contributed by atoms with Crippen molar-refractivity contribution >= 4 is 16.8 Å². The molecular formula is C18H18N2O. The summed E-state index contributed by atoms with van der Waals surface area (Å²) in [6.07, 6.45) is 7.38. The molecule has 1 fully saturated rings. The van der Waals surface area contributed by atoms with Gasteiger partial charge >= 0.3 is 0 Å². The van der Waals surface area contributed by atoms with Crippen LogP contribution in [0.15, 0.2) is 36.4 Å². The van der Waals surface area contributed by atoms with Crippen LogP contribution in [0.5, 0.6) is 0 Å². The molecule has 0 spiro atoms. The first-order valence-corrected chi connectivity index (χ1v) is 7.89. The second-order valence-corrected chi connectivity index (χ2v) is 6.50. The molecule has 0 unspecified atom stereocenters. The molecule has 1 aromatic carbocycles. The van der Waals surface area contributed by atoms with E-state index in [1.165, 1.54) is 22.2 Å². The van der Waals surface area contributed by atoms with Crippen LogP contribution < -0.4 is 0 Å². The van der Waals surface area contributed by atoms with E-state index < -0.39 is 0 Å². The molecule has 0 radical (unpaired) electrons. The van der Waals surface area contributed by atoms with Crippen LogP contribution in [0, 0.1) is 11.8 Å². The summed E-state index contributed by atoms with van der Waals surface area (Å²) in [4.78, 5) is 18.4. The average molecular weight is 278 g/mol. The second kappa shape index (κ2) is 4.00. The number of amides is 1. The maximum atomic E-state index is 12.7. The van der Waals surface area contributed by atoms with Crippen molar-refractivity contribution < 1.29 is 4.79 Å². The minimum absolute atomic E-state index is 0.206. The molecule has 2 aliphatic heterocycles. The smallest absolute Gasteiger partial charge is 0.226 e. The van der Waals surface area contributed by atoms with Gasteiger partial charge in [0.05, 0.1) is 6.04 Å². The molecule has 21 heavy (non-hydrogen) atoms. The number of benzene rings is 1. The maximum Gasteiger partial charge on any atom is 0.226 e. The van der Waals surface area contributed by atoms with Crippen LogP contribution in [0.4, 0.5) is 0 Å². The van der Waals surface area contributed by atoms with Gasteiger partial charge in [0, 0.05) is 35.0 Å². The van der Waals surface area contributed by atoms with Crippen molar-refractivity contribution in [3.05, 3.63) is 47.7 Å². The summed E-state index contributed by atoms with van der Waals surface area (Å²) in [6.45, 7) is 0.880. The summed E-state index contributed by atoms with van der Waals surface area (Å²) < 4.78 is 0. The van der Waals surface area contributed by atoms with E-state index in [1.54, 1.807) is 0 Å².